The fourth-order valence-corrected chi connectivity index (χ4v) is 3.17. The van der Waals surface area contributed by atoms with E-state index >= 15 is 0 Å². The van der Waals surface area contributed by atoms with Gasteiger partial charge in [-0.3, -0.25) is 9.59 Å². The Labute approximate surface area is 163 Å². The summed E-state index contributed by atoms with van der Waals surface area (Å²) in [6, 6.07) is 12.5. The molecule has 0 saturated carbocycles. The van der Waals surface area contributed by atoms with E-state index in [4.69, 9.17) is 10.5 Å². The summed E-state index contributed by atoms with van der Waals surface area (Å²) >= 11 is 0. The summed E-state index contributed by atoms with van der Waals surface area (Å²) < 4.78 is 18.3. The summed E-state index contributed by atoms with van der Waals surface area (Å²) in [6.45, 7) is 1.78. The monoisotopic (exact) mass is 385 g/mol. The van der Waals surface area contributed by atoms with Crippen molar-refractivity contribution in [1.82, 2.24) is 5.32 Å². The van der Waals surface area contributed by atoms with Gasteiger partial charge in [0.1, 0.15) is 5.82 Å². The van der Waals surface area contributed by atoms with Gasteiger partial charge in [0.25, 0.3) is 5.91 Å². The number of hydrogen-bond donors (Lipinski definition) is 3. The van der Waals surface area contributed by atoms with Crippen LogP contribution < -0.4 is 16.4 Å². The first kappa shape index (κ1) is 20.0. The summed E-state index contributed by atoms with van der Waals surface area (Å²) in [4.78, 5) is 24.7. The molecule has 1 fully saturated rings. The van der Waals surface area contributed by atoms with Crippen molar-refractivity contribution in [3.63, 3.8) is 0 Å². The van der Waals surface area contributed by atoms with E-state index < -0.39 is 5.41 Å². The Kier molecular flexibility index (Phi) is 6.38. The van der Waals surface area contributed by atoms with Crippen LogP contribution in [0.1, 0.15) is 28.8 Å². The smallest absolute Gasteiger partial charge is 0.255 e. The number of halogens is 1. The minimum absolute atomic E-state index is 0.0491. The van der Waals surface area contributed by atoms with Gasteiger partial charge in [-0.15, -0.1) is 0 Å². The maximum Gasteiger partial charge on any atom is 0.255 e. The first-order valence-electron chi connectivity index (χ1n) is 9.24. The minimum atomic E-state index is -0.554. The number of anilines is 1. The average Bonchev–Trinajstić information content (AvgIpc) is 2.74. The van der Waals surface area contributed by atoms with E-state index in [1.165, 1.54) is 24.3 Å². The topological polar surface area (TPSA) is 93.5 Å². The highest BCUT2D eigenvalue weighted by molar-refractivity contribution is 6.04. The Morgan fingerprint density at radius 1 is 1.04 bits per heavy atom. The van der Waals surface area contributed by atoms with E-state index in [9.17, 15) is 14.0 Å². The van der Waals surface area contributed by atoms with Gasteiger partial charge in [-0.05, 0) is 54.8 Å². The first-order chi connectivity index (χ1) is 13.5. The number of hydrogen-bond acceptors (Lipinski definition) is 4. The molecule has 0 aromatic heterocycles. The second-order valence-corrected chi connectivity index (χ2v) is 6.94. The van der Waals surface area contributed by atoms with Gasteiger partial charge in [-0.25, -0.2) is 4.39 Å². The third-order valence-electron chi connectivity index (χ3n) is 5.09. The highest BCUT2D eigenvalue weighted by Crippen LogP contribution is 2.29. The van der Waals surface area contributed by atoms with E-state index in [0.717, 1.165) is 5.56 Å². The van der Waals surface area contributed by atoms with Crippen LogP contribution in [0, 0.1) is 11.2 Å². The zero-order valence-electron chi connectivity index (χ0n) is 15.5. The lowest BCUT2D eigenvalue weighted by molar-refractivity contribution is -0.136. The van der Waals surface area contributed by atoms with Crippen LogP contribution >= 0.6 is 0 Å². The second kappa shape index (κ2) is 8.95. The molecule has 1 saturated heterocycles. The Hall–Kier alpha value is -2.77. The maximum absolute atomic E-state index is 12.9. The van der Waals surface area contributed by atoms with Gasteiger partial charge in [-0.1, -0.05) is 12.1 Å². The van der Waals surface area contributed by atoms with Crippen LogP contribution in [0.25, 0.3) is 0 Å². The van der Waals surface area contributed by atoms with Gasteiger partial charge < -0.3 is 21.1 Å². The molecule has 4 N–H and O–H groups in total. The maximum atomic E-state index is 12.9. The highest BCUT2D eigenvalue weighted by Gasteiger charge is 2.38. The van der Waals surface area contributed by atoms with Crippen molar-refractivity contribution in [3.05, 3.63) is 65.5 Å². The fraction of sp³-hybridized carbons (Fsp3) is 0.333. The highest BCUT2D eigenvalue weighted by atomic mass is 19.1. The molecule has 148 valence electrons. The lowest BCUT2D eigenvalue weighted by Gasteiger charge is -2.34. The molecule has 7 heteroatoms. The Morgan fingerprint density at radius 3 is 2.29 bits per heavy atom. The molecule has 0 unspecified atom stereocenters. The number of benzene rings is 2. The lowest BCUT2D eigenvalue weighted by Crippen LogP contribution is -2.48. The van der Waals surface area contributed by atoms with Gasteiger partial charge in [0.2, 0.25) is 5.91 Å². The van der Waals surface area contributed by atoms with E-state index in [-0.39, 0.29) is 17.6 Å². The molecule has 0 spiro atoms. The SMILES string of the molecule is NCC1(C(=O)NCc2ccc(NC(=O)c3ccc(F)cc3)cc2)CCOCC1. The second-order valence-electron chi connectivity index (χ2n) is 6.94. The molecule has 0 bridgehead atoms. The molecule has 2 aromatic rings. The molecule has 1 heterocycles. The number of rotatable bonds is 6. The van der Waals surface area contributed by atoms with Crippen LogP contribution in [0.5, 0.6) is 0 Å². The number of carbonyl (C=O) groups is 2. The molecule has 0 radical (unpaired) electrons. The van der Waals surface area contributed by atoms with Crippen LogP contribution in [0.2, 0.25) is 0 Å². The molecule has 2 aromatic carbocycles. The van der Waals surface area contributed by atoms with Crippen molar-refractivity contribution in [3.8, 4) is 0 Å². The molecule has 1 aliphatic rings. The quantitative estimate of drug-likeness (QED) is 0.712. The fourth-order valence-electron chi connectivity index (χ4n) is 3.17. The molecule has 3 rings (SSSR count). The van der Waals surface area contributed by atoms with Crippen molar-refractivity contribution in [2.24, 2.45) is 11.1 Å². The Bertz CT molecular complexity index is 816. The van der Waals surface area contributed by atoms with Gasteiger partial charge >= 0.3 is 0 Å². The summed E-state index contributed by atoms with van der Waals surface area (Å²) in [5.41, 5.74) is 7.20. The third kappa shape index (κ3) is 4.74. The molecule has 1 aliphatic heterocycles. The molecule has 0 atom stereocenters. The third-order valence-corrected chi connectivity index (χ3v) is 5.09. The van der Waals surface area contributed by atoms with Crippen molar-refractivity contribution >= 4 is 17.5 Å². The molecule has 6 nitrogen and oxygen atoms in total. The number of amides is 2. The van der Waals surface area contributed by atoms with Gasteiger partial charge in [0.15, 0.2) is 0 Å². The standard InChI is InChI=1S/C21H24FN3O3/c22-17-5-3-16(4-6-17)19(26)25-18-7-1-15(2-8-18)13-24-20(27)21(14-23)9-11-28-12-10-21/h1-8H,9-14,23H2,(H,24,27)(H,25,26). The number of nitrogens with two attached hydrogens (primary N) is 1. The Morgan fingerprint density at radius 2 is 1.68 bits per heavy atom. The van der Waals surface area contributed by atoms with E-state index in [2.05, 4.69) is 10.6 Å². The van der Waals surface area contributed by atoms with Crippen LogP contribution in [0.3, 0.4) is 0 Å². The average molecular weight is 385 g/mol. The number of nitrogens with one attached hydrogen (secondary N) is 2. The summed E-state index contributed by atoms with van der Waals surface area (Å²) in [5.74, 6) is -0.752. The lowest BCUT2D eigenvalue weighted by atomic mass is 9.79. The normalized spacial score (nSPS) is 15.6. The summed E-state index contributed by atoms with van der Waals surface area (Å²) in [5, 5.41) is 5.71. The van der Waals surface area contributed by atoms with Gasteiger partial charge in [0, 0.05) is 37.6 Å². The Balaban J connectivity index is 1.55. The van der Waals surface area contributed by atoms with Crippen LogP contribution in [0.15, 0.2) is 48.5 Å². The summed E-state index contributed by atoms with van der Waals surface area (Å²) in [7, 11) is 0. The first-order valence-corrected chi connectivity index (χ1v) is 9.24. The van der Waals surface area contributed by atoms with Crippen LogP contribution in [-0.4, -0.2) is 31.6 Å². The van der Waals surface area contributed by atoms with Gasteiger partial charge in [-0.2, -0.15) is 0 Å². The van der Waals surface area contributed by atoms with Crippen LogP contribution in [0.4, 0.5) is 10.1 Å². The molecule has 28 heavy (non-hydrogen) atoms. The molecule has 0 aliphatic carbocycles. The van der Waals surface area contributed by atoms with Crippen molar-refractivity contribution < 1.29 is 18.7 Å². The number of ether oxygens (including phenoxy) is 1. The van der Waals surface area contributed by atoms with Crippen molar-refractivity contribution in [1.29, 1.82) is 0 Å². The van der Waals surface area contributed by atoms with Gasteiger partial charge in [0.05, 0.1) is 5.41 Å². The largest absolute Gasteiger partial charge is 0.381 e. The van der Waals surface area contributed by atoms with Crippen molar-refractivity contribution in [2.45, 2.75) is 19.4 Å². The predicted molar refractivity (Wildman–Crippen MR) is 104 cm³/mol. The zero-order valence-corrected chi connectivity index (χ0v) is 15.5. The van der Waals surface area contributed by atoms with Crippen LogP contribution in [-0.2, 0) is 16.1 Å². The van der Waals surface area contributed by atoms with E-state index in [0.29, 0.717) is 50.4 Å². The van der Waals surface area contributed by atoms with E-state index in [1.54, 1.807) is 12.1 Å². The predicted octanol–water partition coefficient (Wildman–Crippen LogP) is 2.45. The minimum Gasteiger partial charge on any atom is -0.381 e. The van der Waals surface area contributed by atoms with Crippen molar-refractivity contribution in [2.75, 3.05) is 25.1 Å². The molecule has 2 amide bonds. The zero-order chi connectivity index (χ0) is 20.0. The number of carbonyl (C=O) groups excluding carboxylic acids is 2. The molecular formula is C21H24FN3O3. The van der Waals surface area contributed by atoms with E-state index in [1.807, 2.05) is 12.1 Å². The summed E-state index contributed by atoms with van der Waals surface area (Å²) in [6.07, 6.45) is 1.26. The molecular weight excluding hydrogens is 361 g/mol.